The lowest BCUT2D eigenvalue weighted by atomic mass is 10.3. The van der Waals surface area contributed by atoms with E-state index in [2.05, 4.69) is 109 Å². The van der Waals surface area contributed by atoms with Crippen LogP contribution in [0.25, 0.3) is 0 Å². The monoisotopic (exact) mass is 358 g/mol. The Bertz CT molecular complexity index is 563. The van der Waals surface area contributed by atoms with Gasteiger partial charge in [0.25, 0.3) is 0 Å². The third-order valence-corrected chi connectivity index (χ3v) is 11.7. The third kappa shape index (κ3) is 4.68. The number of hydrogen-bond donors (Lipinski definition) is 0. The quantitative estimate of drug-likeness (QED) is 0.544. The molecule has 2 atom stereocenters. The van der Waals surface area contributed by atoms with Gasteiger partial charge >= 0.3 is 0 Å². The standard InChI is InChI=1S/C22H32P2/c1-18(23(21(2,3)4)19-14-10-8-11-15-19)24(22(5,6)7)20-16-12-9-13-17-20/h8-18H,1-7H3. The fourth-order valence-corrected chi connectivity index (χ4v) is 13.1. The smallest absolute Gasteiger partial charge is 0.00555 e. The molecule has 2 heteroatoms. The van der Waals surface area contributed by atoms with Gasteiger partial charge < -0.3 is 0 Å². The fraction of sp³-hybridized carbons (Fsp3) is 0.455. The predicted molar refractivity (Wildman–Crippen MR) is 115 cm³/mol. The van der Waals surface area contributed by atoms with Gasteiger partial charge in [0.15, 0.2) is 0 Å². The van der Waals surface area contributed by atoms with Crippen molar-refractivity contribution in [2.24, 2.45) is 0 Å². The second-order valence-electron chi connectivity index (χ2n) is 8.38. The fourth-order valence-electron chi connectivity index (χ4n) is 3.62. The second-order valence-corrected chi connectivity index (χ2v) is 15.5. The molecule has 0 aromatic heterocycles. The Morgan fingerprint density at radius 2 is 0.875 bits per heavy atom. The lowest BCUT2D eigenvalue weighted by molar-refractivity contribution is 0.771. The van der Waals surface area contributed by atoms with Gasteiger partial charge in [-0.1, -0.05) is 125 Å². The molecule has 2 rings (SSSR count). The first-order valence-electron chi connectivity index (χ1n) is 8.81. The van der Waals surface area contributed by atoms with Crippen LogP contribution in [0.3, 0.4) is 0 Å². The Balaban J connectivity index is 2.51. The van der Waals surface area contributed by atoms with Gasteiger partial charge in [0.1, 0.15) is 0 Å². The van der Waals surface area contributed by atoms with Crippen molar-refractivity contribution < 1.29 is 0 Å². The first-order valence-corrected chi connectivity index (χ1v) is 11.6. The number of benzene rings is 2. The molecule has 0 N–H and O–H groups in total. The van der Waals surface area contributed by atoms with E-state index in [1.165, 1.54) is 0 Å². The summed E-state index contributed by atoms with van der Waals surface area (Å²) in [6.07, 6.45) is 0. The van der Waals surface area contributed by atoms with Crippen LogP contribution in [0.1, 0.15) is 48.5 Å². The molecular weight excluding hydrogens is 326 g/mol. The first-order chi connectivity index (χ1) is 11.1. The Kier molecular flexibility index (Phi) is 6.28. The molecule has 0 saturated carbocycles. The predicted octanol–water partition coefficient (Wildman–Crippen LogP) is 6.54. The van der Waals surface area contributed by atoms with E-state index >= 15 is 0 Å². The summed E-state index contributed by atoms with van der Waals surface area (Å²) in [4.78, 5) is 0. The normalized spacial score (nSPS) is 16.5. The molecule has 2 unspecified atom stereocenters. The molecule has 0 aliphatic rings. The molecule has 24 heavy (non-hydrogen) atoms. The van der Waals surface area contributed by atoms with Crippen LogP contribution in [-0.2, 0) is 0 Å². The van der Waals surface area contributed by atoms with E-state index in [1.54, 1.807) is 10.6 Å². The van der Waals surface area contributed by atoms with Gasteiger partial charge in [-0.05, 0) is 20.9 Å². The summed E-state index contributed by atoms with van der Waals surface area (Å²) in [5, 5.41) is 4.37. The minimum atomic E-state index is -0.256. The largest absolute Gasteiger partial charge is 0.0622 e. The Morgan fingerprint density at radius 3 is 1.12 bits per heavy atom. The number of rotatable bonds is 4. The van der Waals surface area contributed by atoms with Crippen molar-refractivity contribution in [2.75, 3.05) is 0 Å². The molecular formula is C22H32P2. The highest BCUT2D eigenvalue weighted by Gasteiger charge is 2.39. The van der Waals surface area contributed by atoms with Crippen LogP contribution in [0.2, 0.25) is 0 Å². The van der Waals surface area contributed by atoms with Gasteiger partial charge in [-0.2, -0.15) is 0 Å². The topological polar surface area (TPSA) is 0 Å². The van der Waals surface area contributed by atoms with Gasteiger partial charge in [-0.25, -0.2) is 0 Å². The Morgan fingerprint density at radius 1 is 0.583 bits per heavy atom. The van der Waals surface area contributed by atoms with E-state index in [0.29, 0.717) is 15.7 Å². The van der Waals surface area contributed by atoms with Gasteiger partial charge in [0.05, 0.1) is 0 Å². The molecule has 0 aliphatic heterocycles. The Labute approximate surface area is 151 Å². The van der Waals surface area contributed by atoms with Crippen molar-refractivity contribution in [3.05, 3.63) is 60.7 Å². The van der Waals surface area contributed by atoms with Crippen LogP contribution in [0.4, 0.5) is 0 Å². The molecule has 0 nitrogen and oxygen atoms in total. The van der Waals surface area contributed by atoms with Crippen LogP contribution < -0.4 is 10.6 Å². The molecule has 0 spiro atoms. The summed E-state index contributed by atoms with van der Waals surface area (Å²) in [5.74, 6) is 0. The number of hydrogen-bond acceptors (Lipinski definition) is 0. The summed E-state index contributed by atoms with van der Waals surface area (Å²) in [6, 6.07) is 22.4. The highest BCUT2D eigenvalue weighted by molar-refractivity contribution is 7.84. The molecule has 0 fully saturated rings. The average molecular weight is 358 g/mol. The van der Waals surface area contributed by atoms with Crippen molar-refractivity contribution >= 4 is 26.5 Å². The van der Waals surface area contributed by atoms with E-state index < -0.39 is 0 Å². The second kappa shape index (κ2) is 7.68. The summed E-state index contributed by atoms with van der Waals surface area (Å²) in [6.45, 7) is 17.0. The molecule has 0 radical (unpaired) electrons. The third-order valence-electron chi connectivity index (χ3n) is 4.26. The summed E-state index contributed by atoms with van der Waals surface area (Å²) >= 11 is 0. The molecule has 0 saturated heterocycles. The van der Waals surface area contributed by atoms with Crippen LogP contribution in [0, 0.1) is 0 Å². The highest BCUT2D eigenvalue weighted by atomic mass is 31.2. The zero-order valence-corrected chi connectivity index (χ0v) is 18.0. The van der Waals surface area contributed by atoms with E-state index in [-0.39, 0.29) is 15.8 Å². The molecule has 2 aromatic rings. The molecule has 0 heterocycles. The van der Waals surface area contributed by atoms with Gasteiger partial charge in [-0.3, -0.25) is 0 Å². The van der Waals surface area contributed by atoms with Crippen LogP contribution in [0.5, 0.6) is 0 Å². The Hall–Kier alpha value is -0.700. The SMILES string of the molecule is CC(P(c1ccccc1)C(C)(C)C)P(c1ccccc1)C(C)(C)C. The maximum atomic E-state index is 2.51. The van der Waals surface area contributed by atoms with Gasteiger partial charge in [0.2, 0.25) is 0 Å². The molecule has 2 aromatic carbocycles. The van der Waals surface area contributed by atoms with E-state index in [0.717, 1.165) is 0 Å². The van der Waals surface area contributed by atoms with Gasteiger partial charge in [-0.15, -0.1) is 0 Å². The van der Waals surface area contributed by atoms with Crippen molar-refractivity contribution in [1.82, 2.24) is 0 Å². The summed E-state index contributed by atoms with van der Waals surface area (Å²) < 4.78 is 0. The van der Waals surface area contributed by atoms with E-state index in [1.807, 2.05) is 0 Å². The lowest BCUT2D eigenvalue weighted by Gasteiger charge is -2.45. The van der Waals surface area contributed by atoms with Gasteiger partial charge in [0, 0.05) is 5.40 Å². The molecule has 0 aliphatic carbocycles. The molecule has 0 amide bonds. The summed E-state index contributed by atoms with van der Waals surface area (Å²) in [5.41, 5.74) is 0. The van der Waals surface area contributed by atoms with Crippen molar-refractivity contribution in [3.63, 3.8) is 0 Å². The molecule has 130 valence electrons. The van der Waals surface area contributed by atoms with E-state index in [9.17, 15) is 0 Å². The van der Waals surface area contributed by atoms with Crippen molar-refractivity contribution in [1.29, 1.82) is 0 Å². The molecule has 0 bridgehead atoms. The first kappa shape index (κ1) is 19.6. The minimum absolute atomic E-state index is 0.256. The maximum absolute atomic E-state index is 2.51. The lowest BCUT2D eigenvalue weighted by Crippen LogP contribution is -2.31. The zero-order valence-electron chi connectivity index (χ0n) is 16.2. The zero-order chi connectivity index (χ0) is 18.0. The van der Waals surface area contributed by atoms with Crippen molar-refractivity contribution in [2.45, 2.75) is 64.2 Å². The average Bonchev–Trinajstić information content (AvgIpc) is 2.46. The maximum Gasteiger partial charge on any atom is 0.00555 e. The summed E-state index contributed by atoms with van der Waals surface area (Å²) in [7, 11) is -0.513. The van der Waals surface area contributed by atoms with Crippen LogP contribution in [-0.4, -0.2) is 15.7 Å². The minimum Gasteiger partial charge on any atom is -0.0622 e. The highest BCUT2D eigenvalue weighted by Crippen LogP contribution is 2.67. The van der Waals surface area contributed by atoms with Crippen LogP contribution in [0.15, 0.2) is 60.7 Å². The van der Waals surface area contributed by atoms with Crippen LogP contribution >= 0.6 is 15.8 Å². The van der Waals surface area contributed by atoms with E-state index in [4.69, 9.17) is 0 Å². The van der Waals surface area contributed by atoms with Crippen molar-refractivity contribution in [3.8, 4) is 0 Å².